The van der Waals surface area contributed by atoms with Gasteiger partial charge in [0.2, 0.25) is 11.8 Å². The Kier molecular flexibility index (Phi) is 6.81. The molecule has 1 aromatic carbocycles. The van der Waals surface area contributed by atoms with Crippen LogP contribution in [0.3, 0.4) is 0 Å². The first-order valence-corrected chi connectivity index (χ1v) is 12.1. The number of aromatic nitrogens is 2. The summed E-state index contributed by atoms with van der Waals surface area (Å²) in [6.45, 7) is 7.96. The van der Waals surface area contributed by atoms with Gasteiger partial charge in [0.15, 0.2) is 0 Å². The summed E-state index contributed by atoms with van der Waals surface area (Å²) < 4.78 is 7.32. The second kappa shape index (κ2) is 9.64. The zero-order valence-electron chi connectivity index (χ0n) is 20.5. The van der Waals surface area contributed by atoms with Crippen LogP contribution in [0.1, 0.15) is 64.5 Å². The van der Waals surface area contributed by atoms with Crippen LogP contribution in [0.15, 0.2) is 18.2 Å². The van der Waals surface area contributed by atoms with E-state index in [2.05, 4.69) is 15.7 Å². The van der Waals surface area contributed by atoms with Crippen molar-refractivity contribution in [2.24, 2.45) is 13.0 Å². The van der Waals surface area contributed by atoms with Crippen molar-refractivity contribution in [1.29, 1.82) is 0 Å². The third-order valence-electron chi connectivity index (χ3n) is 6.50. The Morgan fingerprint density at radius 2 is 2.06 bits per heavy atom. The highest BCUT2D eigenvalue weighted by atomic mass is 16.6. The van der Waals surface area contributed by atoms with Gasteiger partial charge in [0.1, 0.15) is 5.60 Å². The minimum atomic E-state index is -0.478. The molecule has 4 rings (SSSR count). The fourth-order valence-corrected chi connectivity index (χ4v) is 4.82. The topological polar surface area (TPSA) is 106 Å². The maximum atomic E-state index is 12.4. The van der Waals surface area contributed by atoms with Crippen molar-refractivity contribution >= 4 is 34.5 Å². The molecule has 3 heterocycles. The summed E-state index contributed by atoms with van der Waals surface area (Å²) in [5.74, 6) is -0.459. The minimum Gasteiger partial charge on any atom is -0.444 e. The van der Waals surface area contributed by atoms with Crippen LogP contribution < -0.4 is 10.6 Å². The maximum absolute atomic E-state index is 12.4. The quantitative estimate of drug-likeness (QED) is 0.649. The second-order valence-corrected chi connectivity index (χ2v) is 10.4. The van der Waals surface area contributed by atoms with Crippen LogP contribution in [0.5, 0.6) is 0 Å². The van der Waals surface area contributed by atoms with Gasteiger partial charge in [-0.1, -0.05) is 0 Å². The molecule has 1 aromatic heterocycles. The van der Waals surface area contributed by atoms with Crippen LogP contribution in [0.25, 0.3) is 10.9 Å². The highest BCUT2D eigenvalue weighted by molar-refractivity contribution is 6.02. The van der Waals surface area contributed by atoms with E-state index in [9.17, 15) is 14.4 Å². The summed E-state index contributed by atoms with van der Waals surface area (Å²) in [6.07, 6.45) is 3.66. The summed E-state index contributed by atoms with van der Waals surface area (Å²) in [6, 6.07) is 6.05. The fraction of sp³-hybridized carbons (Fsp3) is 0.600. The molecule has 2 fully saturated rings. The van der Waals surface area contributed by atoms with Crippen molar-refractivity contribution in [3.63, 3.8) is 0 Å². The number of nitrogens with one attached hydrogen (secondary N) is 2. The Morgan fingerprint density at radius 3 is 2.79 bits per heavy atom. The summed E-state index contributed by atoms with van der Waals surface area (Å²) in [4.78, 5) is 38.1. The summed E-state index contributed by atoms with van der Waals surface area (Å²) >= 11 is 0. The van der Waals surface area contributed by atoms with E-state index in [-0.39, 0.29) is 17.9 Å². The van der Waals surface area contributed by atoms with E-state index in [0.29, 0.717) is 18.8 Å². The van der Waals surface area contributed by atoms with Crippen molar-refractivity contribution in [1.82, 2.24) is 20.0 Å². The largest absolute Gasteiger partial charge is 0.444 e. The highest BCUT2D eigenvalue weighted by Gasteiger charge is 2.31. The lowest BCUT2D eigenvalue weighted by atomic mass is 9.93. The Balaban J connectivity index is 1.35. The number of benzene rings is 1. The van der Waals surface area contributed by atoms with Gasteiger partial charge in [0.05, 0.1) is 17.1 Å². The molecule has 0 saturated carbocycles. The summed E-state index contributed by atoms with van der Waals surface area (Å²) in [5, 5.41) is 11.5. The lowest BCUT2D eigenvalue weighted by molar-refractivity contribution is -0.134. The predicted octanol–water partition coefficient (Wildman–Crippen LogP) is 3.54. The van der Waals surface area contributed by atoms with Crippen LogP contribution in [0, 0.1) is 5.92 Å². The smallest absolute Gasteiger partial charge is 0.410 e. The van der Waals surface area contributed by atoms with Crippen LogP contribution >= 0.6 is 0 Å². The van der Waals surface area contributed by atoms with E-state index in [0.717, 1.165) is 61.2 Å². The lowest BCUT2D eigenvalue weighted by Gasteiger charge is -2.34. The SMILES string of the molecule is Cn1nc(C2CCC(=O)NC2=O)c2ccc(NCCC3CCCN(C(=O)OC(C)(C)C)C3)cc21. The number of ether oxygens (including phenoxy) is 1. The second-order valence-electron chi connectivity index (χ2n) is 10.4. The van der Waals surface area contributed by atoms with Gasteiger partial charge in [-0.05, 0) is 70.6 Å². The third kappa shape index (κ3) is 5.51. The Labute approximate surface area is 200 Å². The van der Waals surface area contributed by atoms with E-state index in [1.54, 1.807) is 4.68 Å². The first-order valence-electron chi connectivity index (χ1n) is 12.1. The Morgan fingerprint density at radius 1 is 1.26 bits per heavy atom. The molecule has 0 aliphatic carbocycles. The first-order chi connectivity index (χ1) is 16.1. The number of amides is 3. The third-order valence-corrected chi connectivity index (χ3v) is 6.50. The number of carbonyl (C=O) groups excluding carboxylic acids is 3. The number of aryl methyl sites for hydroxylation is 1. The number of fused-ring (bicyclic) bond motifs is 1. The van der Waals surface area contributed by atoms with E-state index in [1.807, 2.05) is 50.9 Å². The highest BCUT2D eigenvalue weighted by Crippen LogP contribution is 2.31. The molecule has 2 aliphatic rings. The molecule has 0 radical (unpaired) electrons. The molecular weight excluding hydrogens is 434 g/mol. The molecule has 2 atom stereocenters. The molecule has 9 nitrogen and oxygen atoms in total. The van der Waals surface area contributed by atoms with Crippen LogP contribution in [0.4, 0.5) is 10.5 Å². The average molecular weight is 470 g/mol. The maximum Gasteiger partial charge on any atom is 0.410 e. The predicted molar refractivity (Wildman–Crippen MR) is 129 cm³/mol. The van der Waals surface area contributed by atoms with Gasteiger partial charge in [0.25, 0.3) is 0 Å². The number of hydrogen-bond acceptors (Lipinski definition) is 6. The first kappa shape index (κ1) is 24.0. The van der Waals surface area contributed by atoms with Crippen LogP contribution in [-0.2, 0) is 21.4 Å². The van der Waals surface area contributed by atoms with Crippen molar-refractivity contribution in [2.45, 2.75) is 64.4 Å². The van der Waals surface area contributed by atoms with Gasteiger partial charge in [-0.3, -0.25) is 19.6 Å². The van der Waals surface area contributed by atoms with Gasteiger partial charge in [0, 0.05) is 44.2 Å². The van der Waals surface area contributed by atoms with Crippen molar-refractivity contribution < 1.29 is 19.1 Å². The number of carbonyl (C=O) groups is 3. The number of hydrogen-bond donors (Lipinski definition) is 2. The molecular formula is C25H35N5O4. The van der Waals surface area contributed by atoms with Gasteiger partial charge in [-0.15, -0.1) is 0 Å². The number of imide groups is 1. The number of nitrogens with zero attached hydrogens (tertiary/aromatic N) is 3. The van der Waals surface area contributed by atoms with E-state index in [4.69, 9.17) is 4.74 Å². The van der Waals surface area contributed by atoms with Crippen LogP contribution in [0.2, 0.25) is 0 Å². The average Bonchev–Trinajstić information content (AvgIpc) is 3.08. The number of piperidine rings is 2. The molecule has 2 aromatic rings. The minimum absolute atomic E-state index is 0.222. The molecule has 2 saturated heterocycles. The monoisotopic (exact) mass is 469 g/mol. The van der Waals surface area contributed by atoms with Crippen molar-refractivity contribution in [3.8, 4) is 0 Å². The number of anilines is 1. The summed E-state index contributed by atoms with van der Waals surface area (Å²) in [7, 11) is 1.87. The zero-order valence-corrected chi connectivity index (χ0v) is 20.5. The molecule has 2 aliphatic heterocycles. The fourth-order valence-electron chi connectivity index (χ4n) is 4.82. The molecule has 0 bridgehead atoms. The lowest BCUT2D eigenvalue weighted by Crippen LogP contribution is -2.43. The summed E-state index contributed by atoms with van der Waals surface area (Å²) in [5.41, 5.74) is 2.18. The van der Waals surface area contributed by atoms with Gasteiger partial charge >= 0.3 is 6.09 Å². The van der Waals surface area contributed by atoms with E-state index < -0.39 is 11.5 Å². The number of rotatable bonds is 5. The van der Waals surface area contributed by atoms with E-state index in [1.165, 1.54) is 0 Å². The van der Waals surface area contributed by atoms with Crippen molar-refractivity contribution in [2.75, 3.05) is 25.0 Å². The van der Waals surface area contributed by atoms with Gasteiger partial charge in [-0.25, -0.2) is 4.79 Å². The number of likely N-dealkylation sites (tertiary alicyclic amines) is 1. The molecule has 184 valence electrons. The normalized spacial score (nSPS) is 21.5. The van der Waals surface area contributed by atoms with Crippen LogP contribution in [-0.4, -0.2) is 57.8 Å². The standard InChI is InChI=1S/C25H35N5O4/c1-25(2,3)34-24(33)30-13-5-6-16(15-30)11-12-26-17-7-8-18-20(14-17)29(4)28-22(18)19-9-10-21(31)27-23(19)32/h7-8,14,16,19,26H,5-6,9-13,15H2,1-4H3,(H,27,31,32). The molecule has 9 heteroatoms. The molecule has 2 N–H and O–H groups in total. The van der Waals surface area contributed by atoms with Crippen molar-refractivity contribution in [3.05, 3.63) is 23.9 Å². The zero-order chi connectivity index (χ0) is 24.5. The van der Waals surface area contributed by atoms with E-state index >= 15 is 0 Å². The Bertz CT molecular complexity index is 1090. The molecule has 2 unspecified atom stereocenters. The molecule has 0 spiro atoms. The molecule has 3 amide bonds. The van der Waals surface area contributed by atoms with Gasteiger partial charge in [-0.2, -0.15) is 5.10 Å². The molecule has 34 heavy (non-hydrogen) atoms. The Hall–Kier alpha value is -3.10. The van der Waals surface area contributed by atoms with Gasteiger partial charge < -0.3 is 15.0 Å².